The summed E-state index contributed by atoms with van der Waals surface area (Å²) in [7, 11) is 1.40. The van der Waals surface area contributed by atoms with Gasteiger partial charge in [0, 0.05) is 37.0 Å². The van der Waals surface area contributed by atoms with Crippen LogP contribution >= 0.6 is 0 Å². The zero-order valence-corrected chi connectivity index (χ0v) is 20.7. The molecule has 1 saturated heterocycles. The van der Waals surface area contributed by atoms with Crippen molar-refractivity contribution in [2.24, 2.45) is 0 Å². The largest absolute Gasteiger partial charge is 0.488 e. The van der Waals surface area contributed by atoms with Gasteiger partial charge in [-0.15, -0.1) is 0 Å². The number of carbonyl (C=O) groups is 2. The van der Waals surface area contributed by atoms with E-state index in [0.717, 1.165) is 55.3 Å². The van der Waals surface area contributed by atoms with Crippen molar-refractivity contribution < 1.29 is 19.1 Å². The van der Waals surface area contributed by atoms with E-state index in [2.05, 4.69) is 36.2 Å². The third-order valence-corrected chi connectivity index (χ3v) is 6.47. The van der Waals surface area contributed by atoms with Crippen LogP contribution in [0.25, 0.3) is 10.8 Å². The third kappa shape index (κ3) is 7.59. The topological polar surface area (TPSA) is 67.9 Å². The number of likely N-dealkylation sites (tertiary alicyclic amines) is 1. The fourth-order valence-corrected chi connectivity index (χ4v) is 4.32. The van der Waals surface area contributed by atoms with Crippen molar-refractivity contribution in [3.8, 4) is 5.75 Å². The number of allylic oxidation sites excluding steroid dienone is 1. The molecule has 0 aromatic heterocycles. The molecule has 1 aliphatic heterocycles. The lowest BCUT2D eigenvalue weighted by atomic mass is 10.0. The summed E-state index contributed by atoms with van der Waals surface area (Å²) in [6, 6.07) is 14.8. The summed E-state index contributed by atoms with van der Waals surface area (Å²) in [5.41, 5.74) is 0.636. The Morgan fingerprint density at radius 1 is 1.09 bits per heavy atom. The van der Waals surface area contributed by atoms with E-state index in [1.165, 1.54) is 7.11 Å². The van der Waals surface area contributed by atoms with Gasteiger partial charge in [-0.3, -0.25) is 9.59 Å². The predicted molar refractivity (Wildman–Crippen MR) is 136 cm³/mol. The van der Waals surface area contributed by atoms with E-state index in [-0.39, 0.29) is 24.5 Å². The van der Waals surface area contributed by atoms with Crippen molar-refractivity contribution in [3.05, 3.63) is 54.1 Å². The van der Waals surface area contributed by atoms with Gasteiger partial charge in [0.2, 0.25) is 0 Å². The molecule has 0 saturated carbocycles. The number of hydrogen-bond acceptors (Lipinski definition) is 5. The fraction of sp³-hybridized carbons (Fsp3) is 0.500. The molecule has 0 unspecified atom stereocenters. The van der Waals surface area contributed by atoms with Crippen molar-refractivity contribution in [2.75, 3.05) is 26.8 Å². The molecule has 1 aliphatic rings. The monoisotopic (exact) mass is 466 g/mol. The molecule has 34 heavy (non-hydrogen) atoms. The Labute approximate surface area is 203 Å². The Balaban J connectivity index is 1.63. The maximum absolute atomic E-state index is 13.2. The van der Waals surface area contributed by atoms with Crippen LogP contribution in [0.4, 0.5) is 0 Å². The van der Waals surface area contributed by atoms with Crippen molar-refractivity contribution in [1.82, 2.24) is 10.2 Å². The van der Waals surface area contributed by atoms with Crippen LogP contribution in [0.3, 0.4) is 0 Å². The standard InChI is InChI=1S/C28H38N2O4/c1-21(2)30-18-16-24(17-19-30)29-28(32)23(11-5-4-6-15-27(31)33-3)20-34-26-14-9-12-22-10-7-8-13-25(22)26/h7-14,21,24H,4-6,15-20H2,1-3H3,(H,29,32). The summed E-state index contributed by atoms with van der Waals surface area (Å²) in [5, 5.41) is 5.37. The number of fused-ring (bicyclic) bond motifs is 1. The Morgan fingerprint density at radius 3 is 2.56 bits per heavy atom. The SMILES string of the molecule is COC(=O)CCCCC=C(COc1cccc2ccccc12)C(=O)NC1CCN(C(C)C)CC1. The number of amides is 1. The number of nitrogens with one attached hydrogen (secondary N) is 1. The molecule has 0 aliphatic carbocycles. The zero-order chi connectivity index (χ0) is 24.3. The van der Waals surface area contributed by atoms with Gasteiger partial charge in [-0.1, -0.05) is 42.5 Å². The highest BCUT2D eigenvalue weighted by molar-refractivity contribution is 5.94. The molecule has 3 rings (SSSR count). The number of unbranched alkanes of at least 4 members (excludes halogenated alkanes) is 2. The second kappa shape index (κ2) is 13.1. The second-order valence-electron chi connectivity index (χ2n) is 9.19. The third-order valence-electron chi connectivity index (χ3n) is 6.47. The lowest BCUT2D eigenvalue weighted by Gasteiger charge is -2.35. The van der Waals surface area contributed by atoms with Gasteiger partial charge in [0.15, 0.2) is 0 Å². The molecule has 2 aromatic carbocycles. The highest BCUT2D eigenvalue weighted by Gasteiger charge is 2.23. The summed E-state index contributed by atoms with van der Waals surface area (Å²) < 4.78 is 10.8. The number of rotatable bonds is 11. The van der Waals surface area contributed by atoms with Crippen LogP contribution in [0.2, 0.25) is 0 Å². The van der Waals surface area contributed by atoms with Gasteiger partial charge in [-0.05, 0) is 57.4 Å². The van der Waals surface area contributed by atoms with Crippen molar-refractivity contribution in [3.63, 3.8) is 0 Å². The molecule has 0 spiro atoms. The second-order valence-corrected chi connectivity index (χ2v) is 9.19. The molecule has 1 fully saturated rings. The quantitative estimate of drug-likeness (QED) is 0.291. The fourth-order valence-electron chi connectivity index (χ4n) is 4.32. The van der Waals surface area contributed by atoms with E-state index < -0.39 is 0 Å². The Kier molecular flexibility index (Phi) is 9.95. The summed E-state index contributed by atoms with van der Waals surface area (Å²) in [4.78, 5) is 27.0. The van der Waals surface area contributed by atoms with Crippen LogP contribution in [0.15, 0.2) is 54.1 Å². The Hall–Kier alpha value is -2.86. The molecule has 6 nitrogen and oxygen atoms in total. The van der Waals surface area contributed by atoms with Crippen molar-refractivity contribution >= 4 is 22.6 Å². The Bertz CT molecular complexity index is 972. The van der Waals surface area contributed by atoms with Gasteiger partial charge < -0.3 is 19.7 Å². The van der Waals surface area contributed by atoms with E-state index in [4.69, 9.17) is 9.47 Å². The van der Waals surface area contributed by atoms with Crippen LogP contribution in [0.1, 0.15) is 52.4 Å². The zero-order valence-electron chi connectivity index (χ0n) is 20.7. The van der Waals surface area contributed by atoms with Gasteiger partial charge in [0.25, 0.3) is 5.91 Å². The first-order valence-corrected chi connectivity index (χ1v) is 12.4. The van der Waals surface area contributed by atoms with Crippen molar-refractivity contribution in [2.45, 2.75) is 64.5 Å². The summed E-state index contributed by atoms with van der Waals surface area (Å²) in [6.07, 6.45) is 6.53. The minimum absolute atomic E-state index is 0.0591. The minimum Gasteiger partial charge on any atom is -0.488 e. The molecule has 2 aromatic rings. The summed E-state index contributed by atoms with van der Waals surface area (Å²) >= 11 is 0. The van der Waals surface area contributed by atoms with Crippen LogP contribution in [0, 0.1) is 0 Å². The molecule has 184 valence electrons. The maximum atomic E-state index is 13.2. The number of esters is 1. The number of piperidine rings is 1. The number of benzene rings is 2. The first-order valence-electron chi connectivity index (χ1n) is 12.4. The van der Waals surface area contributed by atoms with Crippen LogP contribution < -0.4 is 10.1 Å². The highest BCUT2D eigenvalue weighted by atomic mass is 16.5. The molecule has 0 atom stereocenters. The van der Waals surface area contributed by atoms with E-state index in [0.29, 0.717) is 24.5 Å². The van der Waals surface area contributed by atoms with Gasteiger partial charge >= 0.3 is 5.97 Å². The van der Waals surface area contributed by atoms with Gasteiger partial charge in [0.1, 0.15) is 12.4 Å². The maximum Gasteiger partial charge on any atom is 0.305 e. The average molecular weight is 467 g/mol. The molecule has 1 heterocycles. The molecule has 6 heteroatoms. The smallest absolute Gasteiger partial charge is 0.305 e. The van der Waals surface area contributed by atoms with E-state index in [1.807, 2.05) is 36.4 Å². The number of nitrogens with zero attached hydrogens (tertiary/aromatic N) is 1. The minimum atomic E-state index is -0.200. The summed E-state index contributed by atoms with van der Waals surface area (Å²) in [5.74, 6) is 0.512. The first-order chi connectivity index (χ1) is 16.5. The van der Waals surface area contributed by atoms with Gasteiger partial charge in [-0.2, -0.15) is 0 Å². The van der Waals surface area contributed by atoms with Crippen LogP contribution in [0.5, 0.6) is 5.75 Å². The molecule has 1 N–H and O–H groups in total. The van der Waals surface area contributed by atoms with Crippen molar-refractivity contribution in [1.29, 1.82) is 0 Å². The number of carbonyl (C=O) groups excluding carboxylic acids is 2. The highest BCUT2D eigenvalue weighted by Crippen LogP contribution is 2.25. The molecular weight excluding hydrogens is 428 g/mol. The lowest BCUT2D eigenvalue weighted by Crippen LogP contribution is -2.47. The molecular formula is C28H38N2O4. The number of hydrogen-bond donors (Lipinski definition) is 1. The lowest BCUT2D eigenvalue weighted by molar-refractivity contribution is -0.140. The van der Waals surface area contributed by atoms with Crippen LogP contribution in [-0.4, -0.2) is 55.7 Å². The molecule has 0 radical (unpaired) electrons. The normalized spacial score (nSPS) is 15.5. The van der Waals surface area contributed by atoms with Gasteiger partial charge in [-0.25, -0.2) is 0 Å². The number of ether oxygens (including phenoxy) is 2. The van der Waals surface area contributed by atoms with E-state index in [1.54, 1.807) is 0 Å². The van der Waals surface area contributed by atoms with E-state index in [9.17, 15) is 9.59 Å². The Morgan fingerprint density at radius 2 is 1.82 bits per heavy atom. The predicted octanol–water partition coefficient (Wildman–Crippen LogP) is 4.87. The average Bonchev–Trinajstić information content (AvgIpc) is 2.85. The van der Waals surface area contributed by atoms with E-state index >= 15 is 0 Å². The first kappa shape index (κ1) is 25.8. The molecule has 0 bridgehead atoms. The van der Waals surface area contributed by atoms with Crippen LogP contribution in [-0.2, 0) is 14.3 Å². The summed E-state index contributed by atoms with van der Waals surface area (Å²) in [6.45, 7) is 6.64. The number of methoxy groups -OCH3 is 1. The van der Waals surface area contributed by atoms with Gasteiger partial charge in [0.05, 0.1) is 12.7 Å². The molecule has 1 amide bonds.